The zero-order valence-electron chi connectivity index (χ0n) is 5.00. The summed E-state index contributed by atoms with van der Waals surface area (Å²) in [6, 6.07) is 0. The van der Waals surface area contributed by atoms with Gasteiger partial charge in [-0.3, -0.25) is 4.84 Å². The average molecular weight is 175 g/mol. The molecule has 58 valence electrons. The Hall–Kier alpha value is 0.460. The molecule has 0 aliphatic carbocycles. The number of nitrogens with one attached hydrogen (secondary N) is 1. The highest BCUT2D eigenvalue weighted by Crippen LogP contribution is 1.97. The van der Waals surface area contributed by atoms with E-state index in [9.17, 15) is 0 Å². The van der Waals surface area contributed by atoms with Crippen LogP contribution in [0.2, 0.25) is 0 Å². The van der Waals surface area contributed by atoms with Gasteiger partial charge in [0.25, 0.3) is 0 Å². The van der Waals surface area contributed by atoms with Gasteiger partial charge in [-0.05, 0) is 13.0 Å². The molecule has 1 unspecified atom stereocenters. The van der Waals surface area contributed by atoms with E-state index in [1.54, 1.807) is 0 Å². The van der Waals surface area contributed by atoms with Gasteiger partial charge in [0.15, 0.2) is 0 Å². The van der Waals surface area contributed by atoms with Gasteiger partial charge in [0, 0.05) is 6.54 Å². The van der Waals surface area contributed by atoms with Crippen molar-refractivity contribution in [2.45, 2.75) is 12.5 Å². The van der Waals surface area contributed by atoms with Gasteiger partial charge in [-0.2, -0.15) is 0 Å². The molecule has 0 aromatic heterocycles. The summed E-state index contributed by atoms with van der Waals surface area (Å²) >= 11 is 0. The van der Waals surface area contributed by atoms with Gasteiger partial charge in [0.05, 0.1) is 6.10 Å². The lowest BCUT2D eigenvalue weighted by atomic mass is 10.3. The Balaban J connectivity index is 0. The standard InChI is InChI=1S/C4H10N2O.2ClH/c5-7-4-1-2-6-3-4;;/h4,6H,1-3,5H2;2*1H. The molecule has 3 nitrogen and oxygen atoms in total. The van der Waals surface area contributed by atoms with Crippen LogP contribution in [0.5, 0.6) is 0 Å². The smallest absolute Gasteiger partial charge is 0.0923 e. The van der Waals surface area contributed by atoms with E-state index in [4.69, 9.17) is 5.90 Å². The van der Waals surface area contributed by atoms with E-state index < -0.39 is 0 Å². The number of hydrogen-bond donors (Lipinski definition) is 2. The molecule has 3 N–H and O–H groups in total. The highest BCUT2D eigenvalue weighted by Gasteiger charge is 2.12. The van der Waals surface area contributed by atoms with E-state index in [2.05, 4.69) is 10.2 Å². The highest BCUT2D eigenvalue weighted by molar-refractivity contribution is 5.85. The topological polar surface area (TPSA) is 47.3 Å². The second-order valence-electron chi connectivity index (χ2n) is 1.75. The minimum atomic E-state index is 0. The van der Waals surface area contributed by atoms with E-state index >= 15 is 0 Å². The fourth-order valence-corrected chi connectivity index (χ4v) is 0.744. The molecule has 0 amide bonds. The summed E-state index contributed by atoms with van der Waals surface area (Å²) in [6.07, 6.45) is 1.32. The molecule has 0 radical (unpaired) electrons. The van der Waals surface area contributed by atoms with E-state index in [0.29, 0.717) is 0 Å². The largest absolute Gasteiger partial charge is 0.314 e. The van der Waals surface area contributed by atoms with Crippen LogP contribution >= 0.6 is 24.8 Å². The van der Waals surface area contributed by atoms with Crippen molar-refractivity contribution in [3.8, 4) is 0 Å². The van der Waals surface area contributed by atoms with Crippen molar-refractivity contribution in [1.29, 1.82) is 0 Å². The van der Waals surface area contributed by atoms with E-state index in [1.165, 1.54) is 0 Å². The molecule has 1 saturated heterocycles. The molecule has 1 atom stereocenters. The van der Waals surface area contributed by atoms with Crippen molar-refractivity contribution in [2.24, 2.45) is 5.90 Å². The molecule has 1 aliphatic rings. The minimum absolute atomic E-state index is 0. The molecule has 0 bridgehead atoms. The minimum Gasteiger partial charge on any atom is -0.314 e. The van der Waals surface area contributed by atoms with Gasteiger partial charge >= 0.3 is 0 Å². The molecule has 0 aromatic carbocycles. The molecule has 1 heterocycles. The Morgan fingerprint density at radius 2 is 2.11 bits per heavy atom. The molecule has 0 spiro atoms. The number of nitrogens with two attached hydrogens (primary N) is 1. The van der Waals surface area contributed by atoms with Crippen LogP contribution in [-0.4, -0.2) is 19.2 Å². The van der Waals surface area contributed by atoms with Crippen LogP contribution in [-0.2, 0) is 4.84 Å². The predicted octanol–water partition coefficient (Wildman–Crippen LogP) is 0.0822. The van der Waals surface area contributed by atoms with Gasteiger partial charge in [-0.25, -0.2) is 5.90 Å². The van der Waals surface area contributed by atoms with E-state index in [1.807, 2.05) is 0 Å². The maximum Gasteiger partial charge on any atom is 0.0923 e. The van der Waals surface area contributed by atoms with Crippen molar-refractivity contribution >= 4 is 24.8 Å². The summed E-state index contributed by atoms with van der Waals surface area (Å²) in [7, 11) is 0. The van der Waals surface area contributed by atoms with Crippen LogP contribution in [0.15, 0.2) is 0 Å². The predicted molar refractivity (Wildman–Crippen MR) is 41.0 cm³/mol. The maximum atomic E-state index is 4.89. The second kappa shape index (κ2) is 6.58. The number of rotatable bonds is 1. The van der Waals surface area contributed by atoms with Gasteiger partial charge in [0.2, 0.25) is 0 Å². The number of hydrogen-bond acceptors (Lipinski definition) is 3. The van der Waals surface area contributed by atoms with Crippen molar-refractivity contribution in [3.05, 3.63) is 0 Å². The monoisotopic (exact) mass is 174 g/mol. The van der Waals surface area contributed by atoms with E-state index in [-0.39, 0.29) is 30.9 Å². The SMILES string of the molecule is Cl.Cl.NOC1CCNC1. The second-order valence-corrected chi connectivity index (χ2v) is 1.75. The Bertz CT molecular complexity index is 58.5. The third-order valence-corrected chi connectivity index (χ3v) is 1.21. The molecular weight excluding hydrogens is 163 g/mol. The van der Waals surface area contributed by atoms with Crippen LogP contribution < -0.4 is 11.2 Å². The van der Waals surface area contributed by atoms with Gasteiger partial charge in [-0.1, -0.05) is 0 Å². The molecule has 9 heavy (non-hydrogen) atoms. The molecule has 1 fully saturated rings. The molecule has 0 saturated carbocycles. The Labute approximate surface area is 67.1 Å². The third-order valence-electron chi connectivity index (χ3n) is 1.21. The van der Waals surface area contributed by atoms with E-state index in [0.717, 1.165) is 19.5 Å². The first-order chi connectivity index (χ1) is 3.43. The first kappa shape index (κ1) is 12.2. The summed E-state index contributed by atoms with van der Waals surface area (Å²) in [4.78, 5) is 4.55. The van der Waals surface area contributed by atoms with Crippen LogP contribution in [0.25, 0.3) is 0 Å². The lowest BCUT2D eigenvalue weighted by molar-refractivity contribution is 0.0678. The maximum absolute atomic E-state index is 4.89. The fourth-order valence-electron chi connectivity index (χ4n) is 0.744. The molecule has 1 aliphatic heterocycles. The number of halogens is 2. The van der Waals surface area contributed by atoms with Crippen LogP contribution in [0, 0.1) is 0 Å². The van der Waals surface area contributed by atoms with Crippen molar-refractivity contribution in [3.63, 3.8) is 0 Å². The zero-order valence-corrected chi connectivity index (χ0v) is 6.63. The Morgan fingerprint density at radius 1 is 1.44 bits per heavy atom. The lowest BCUT2D eigenvalue weighted by Gasteiger charge is -2.00. The Morgan fingerprint density at radius 3 is 2.33 bits per heavy atom. The summed E-state index contributed by atoms with van der Waals surface area (Å²) < 4.78 is 0. The molecule has 1 rings (SSSR count). The Kier molecular flexibility index (Phi) is 8.89. The van der Waals surface area contributed by atoms with Crippen molar-refractivity contribution in [1.82, 2.24) is 5.32 Å². The van der Waals surface area contributed by atoms with Crippen LogP contribution in [0.1, 0.15) is 6.42 Å². The lowest BCUT2D eigenvalue weighted by Crippen LogP contribution is -2.19. The molecular formula is C4H12Cl2N2O. The average Bonchev–Trinajstić information content (AvgIpc) is 2.14. The van der Waals surface area contributed by atoms with Crippen LogP contribution in [0.3, 0.4) is 0 Å². The summed E-state index contributed by atoms with van der Waals surface area (Å²) in [5, 5.41) is 3.12. The van der Waals surface area contributed by atoms with Crippen molar-refractivity contribution < 1.29 is 4.84 Å². The van der Waals surface area contributed by atoms with Crippen LogP contribution in [0.4, 0.5) is 0 Å². The third kappa shape index (κ3) is 3.95. The van der Waals surface area contributed by atoms with Gasteiger partial charge < -0.3 is 5.32 Å². The molecule has 5 heteroatoms. The first-order valence-electron chi connectivity index (χ1n) is 2.50. The highest BCUT2D eigenvalue weighted by atomic mass is 35.5. The summed E-state index contributed by atoms with van der Waals surface area (Å²) in [5.74, 6) is 4.89. The first-order valence-corrected chi connectivity index (χ1v) is 2.50. The zero-order chi connectivity index (χ0) is 5.11. The normalized spacial score (nSPS) is 24.3. The van der Waals surface area contributed by atoms with Gasteiger partial charge in [0.1, 0.15) is 0 Å². The van der Waals surface area contributed by atoms with Crippen molar-refractivity contribution in [2.75, 3.05) is 13.1 Å². The molecule has 0 aromatic rings. The quantitative estimate of drug-likeness (QED) is 0.555. The fraction of sp³-hybridized carbons (Fsp3) is 1.00. The summed E-state index contributed by atoms with van der Waals surface area (Å²) in [5.41, 5.74) is 0. The summed E-state index contributed by atoms with van der Waals surface area (Å²) in [6.45, 7) is 1.96. The van der Waals surface area contributed by atoms with Gasteiger partial charge in [-0.15, -0.1) is 24.8 Å².